The second-order valence-electron chi connectivity index (χ2n) is 8.17. The van der Waals surface area contributed by atoms with E-state index in [4.69, 9.17) is 20.4 Å². The van der Waals surface area contributed by atoms with Gasteiger partial charge in [0, 0.05) is 48.7 Å². The molecule has 7 heteroatoms. The minimum absolute atomic E-state index is 0.0160. The molecule has 1 aliphatic heterocycles. The first-order chi connectivity index (χ1) is 14.3. The maximum Gasteiger partial charge on any atom is 0.287 e. The Labute approximate surface area is 181 Å². The molecular formula is C23H28ClN3O3. The van der Waals surface area contributed by atoms with Gasteiger partial charge in [-0.25, -0.2) is 0 Å². The van der Waals surface area contributed by atoms with E-state index in [1.165, 1.54) is 0 Å². The van der Waals surface area contributed by atoms with Gasteiger partial charge in [0.05, 0.1) is 6.04 Å². The summed E-state index contributed by atoms with van der Waals surface area (Å²) in [6, 6.07) is 7.69. The summed E-state index contributed by atoms with van der Waals surface area (Å²) in [6.07, 6.45) is 0. The first-order valence-electron chi connectivity index (χ1n) is 10.3. The zero-order valence-corrected chi connectivity index (χ0v) is 18.7. The zero-order chi connectivity index (χ0) is 21.4. The van der Waals surface area contributed by atoms with Gasteiger partial charge in [-0.05, 0) is 57.6 Å². The lowest BCUT2D eigenvalue weighted by molar-refractivity contribution is 0.0831. The maximum atomic E-state index is 13.0. The van der Waals surface area contributed by atoms with E-state index in [1.54, 1.807) is 0 Å². The number of nitrogens with zero attached hydrogens (tertiary/aromatic N) is 2. The predicted octanol–water partition coefficient (Wildman–Crippen LogP) is 4.32. The lowest BCUT2D eigenvalue weighted by Gasteiger charge is -2.37. The molecule has 30 heavy (non-hydrogen) atoms. The number of fused-ring (bicyclic) bond motifs is 1. The Balaban J connectivity index is 1.54. The van der Waals surface area contributed by atoms with Crippen LogP contribution < -0.4 is 5.32 Å². The summed E-state index contributed by atoms with van der Waals surface area (Å²) in [4.78, 5) is 17.7. The van der Waals surface area contributed by atoms with Crippen LogP contribution in [0.25, 0.3) is 11.0 Å². The third kappa shape index (κ3) is 4.13. The number of hydrogen-bond donors (Lipinski definition) is 1. The van der Waals surface area contributed by atoms with Gasteiger partial charge in [0.15, 0.2) is 5.76 Å². The van der Waals surface area contributed by atoms with E-state index in [-0.39, 0.29) is 11.9 Å². The number of nitrogens with one attached hydrogen (secondary N) is 1. The van der Waals surface area contributed by atoms with Crippen LogP contribution in [0.4, 0.5) is 0 Å². The van der Waals surface area contributed by atoms with Crippen LogP contribution in [-0.4, -0.2) is 55.5 Å². The van der Waals surface area contributed by atoms with Crippen molar-refractivity contribution in [1.82, 2.24) is 15.1 Å². The lowest BCUT2D eigenvalue weighted by atomic mass is 10.1. The standard InChI is InChI=1S/C23H28ClN3O3/c1-14-11-21-17(12-18(14)24)16(3)22(30-21)23(28)25-13-19(20-6-5-15(2)29-20)27-9-7-26(4)8-10-27/h5-6,11-12,19H,7-10,13H2,1-4H3,(H,25,28). The molecule has 0 bridgehead atoms. The maximum absolute atomic E-state index is 13.0. The van der Waals surface area contributed by atoms with Gasteiger partial charge in [-0.1, -0.05) is 11.6 Å². The number of aryl methyl sites for hydroxylation is 3. The lowest BCUT2D eigenvalue weighted by Crippen LogP contribution is -2.48. The second-order valence-corrected chi connectivity index (χ2v) is 8.57. The Morgan fingerprint density at radius 3 is 2.53 bits per heavy atom. The normalized spacial score (nSPS) is 16.8. The van der Waals surface area contributed by atoms with Crippen LogP contribution in [0, 0.1) is 20.8 Å². The van der Waals surface area contributed by atoms with Gasteiger partial charge in [-0.3, -0.25) is 9.69 Å². The molecule has 1 saturated heterocycles. The van der Waals surface area contributed by atoms with Crippen LogP contribution in [-0.2, 0) is 0 Å². The number of carbonyl (C=O) groups is 1. The van der Waals surface area contributed by atoms with E-state index >= 15 is 0 Å². The number of rotatable bonds is 5. The van der Waals surface area contributed by atoms with Gasteiger partial charge in [0.25, 0.3) is 5.91 Å². The van der Waals surface area contributed by atoms with Crippen molar-refractivity contribution in [3.05, 3.63) is 57.7 Å². The first kappa shape index (κ1) is 21.0. The Hall–Kier alpha value is -2.28. The van der Waals surface area contributed by atoms with Crippen LogP contribution >= 0.6 is 11.6 Å². The largest absolute Gasteiger partial charge is 0.465 e. The summed E-state index contributed by atoms with van der Waals surface area (Å²) in [5.74, 6) is 1.86. The molecule has 0 spiro atoms. The van der Waals surface area contributed by atoms with Crippen molar-refractivity contribution >= 4 is 28.5 Å². The molecule has 1 aliphatic rings. The number of halogens is 1. The quantitative estimate of drug-likeness (QED) is 0.654. The molecule has 1 atom stereocenters. The fourth-order valence-corrected chi connectivity index (χ4v) is 4.17. The average molecular weight is 430 g/mol. The second kappa shape index (κ2) is 8.46. The molecule has 3 aromatic rings. The summed E-state index contributed by atoms with van der Waals surface area (Å²) in [5, 5.41) is 4.60. The van der Waals surface area contributed by atoms with Crippen molar-refractivity contribution in [2.45, 2.75) is 26.8 Å². The molecule has 1 unspecified atom stereocenters. The van der Waals surface area contributed by atoms with E-state index in [0.29, 0.717) is 22.9 Å². The third-order valence-electron chi connectivity index (χ3n) is 5.95. The smallest absolute Gasteiger partial charge is 0.287 e. The summed E-state index contributed by atoms with van der Waals surface area (Å²) < 4.78 is 11.8. The van der Waals surface area contributed by atoms with Crippen LogP contribution in [0.15, 0.2) is 33.1 Å². The summed E-state index contributed by atoms with van der Waals surface area (Å²) >= 11 is 6.26. The highest BCUT2D eigenvalue weighted by atomic mass is 35.5. The predicted molar refractivity (Wildman–Crippen MR) is 118 cm³/mol. The number of piperazine rings is 1. The van der Waals surface area contributed by atoms with Crippen molar-refractivity contribution in [3.63, 3.8) is 0 Å². The third-order valence-corrected chi connectivity index (χ3v) is 6.36. The number of carbonyl (C=O) groups excluding carboxylic acids is 1. The summed E-state index contributed by atoms with van der Waals surface area (Å²) in [7, 11) is 2.13. The van der Waals surface area contributed by atoms with Crippen molar-refractivity contribution in [2.24, 2.45) is 0 Å². The Morgan fingerprint density at radius 1 is 1.13 bits per heavy atom. The Morgan fingerprint density at radius 2 is 1.87 bits per heavy atom. The van der Waals surface area contributed by atoms with Crippen molar-refractivity contribution < 1.29 is 13.6 Å². The highest BCUT2D eigenvalue weighted by Gasteiger charge is 2.28. The minimum atomic E-state index is -0.222. The highest BCUT2D eigenvalue weighted by molar-refractivity contribution is 6.32. The molecule has 1 fully saturated rings. The van der Waals surface area contributed by atoms with Gasteiger partial charge in [-0.2, -0.15) is 0 Å². The molecule has 1 amide bonds. The number of likely N-dealkylation sites (N-methyl/N-ethyl adjacent to an activating group) is 1. The SMILES string of the molecule is Cc1ccc(C(CNC(=O)c2oc3cc(C)c(Cl)cc3c2C)N2CCN(C)CC2)o1. The van der Waals surface area contributed by atoms with Gasteiger partial charge in [0.2, 0.25) is 0 Å². The van der Waals surface area contributed by atoms with Crippen molar-refractivity contribution in [2.75, 3.05) is 39.8 Å². The van der Waals surface area contributed by atoms with E-state index in [1.807, 2.05) is 45.0 Å². The number of benzene rings is 1. The van der Waals surface area contributed by atoms with Gasteiger partial charge in [0.1, 0.15) is 17.1 Å². The highest BCUT2D eigenvalue weighted by Crippen LogP contribution is 2.30. The minimum Gasteiger partial charge on any atom is -0.465 e. The molecule has 160 valence electrons. The zero-order valence-electron chi connectivity index (χ0n) is 17.9. The van der Waals surface area contributed by atoms with Crippen LogP contribution in [0.3, 0.4) is 0 Å². The molecule has 0 aliphatic carbocycles. The monoisotopic (exact) mass is 429 g/mol. The Kier molecular flexibility index (Phi) is 5.91. The molecule has 1 N–H and O–H groups in total. The van der Waals surface area contributed by atoms with Crippen molar-refractivity contribution in [1.29, 1.82) is 0 Å². The number of hydrogen-bond acceptors (Lipinski definition) is 5. The fourth-order valence-electron chi connectivity index (χ4n) is 4.00. The van der Waals surface area contributed by atoms with Crippen LogP contribution in [0.2, 0.25) is 5.02 Å². The summed E-state index contributed by atoms with van der Waals surface area (Å²) in [6.45, 7) is 10.0. The molecule has 0 saturated carbocycles. The molecular weight excluding hydrogens is 402 g/mol. The van der Waals surface area contributed by atoms with E-state index in [9.17, 15) is 4.79 Å². The first-order valence-corrected chi connectivity index (χ1v) is 10.7. The van der Waals surface area contributed by atoms with Crippen LogP contribution in [0.5, 0.6) is 0 Å². The molecule has 1 aromatic carbocycles. The molecule has 4 rings (SSSR count). The van der Waals surface area contributed by atoms with Gasteiger partial charge >= 0.3 is 0 Å². The van der Waals surface area contributed by atoms with Gasteiger partial charge < -0.3 is 19.1 Å². The molecule has 2 aromatic heterocycles. The van der Waals surface area contributed by atoms with E-state index < -0.39 is 0 Å². The average Bonchev–Trinajstić information content (AvgIpc) is 3.27. The number of furan rings is 2. The molecule has 0 radical (unpaired) electrons. The molecule has 3 heterocycles. The topological polar surface area (TPSA) is 61.9 Å². The van der Waals surface area contributed by atoms with Crippen LogP contribution in [0.1, 0.15) is 39.2 Å². The van der Waals surface area contributed by atoms with E-state index in [0.717, 1.165) is 54.2 Å². The van der Waals surface area contributed by atoms with Crippen molar-refractivity contribution in [3.8, 4) is 0 Å². The molecule has 6 nitrogen and oxygen atoms in total. The summed E-state index contributed by atoms with van der Waals surface area (Å²) in [5.41, 5.74) is 2.40. The van der Waals surface area contributed by atoms with Gasteiger partial charge in [-0.15, -0.1) is 0 Å². The Bertz CT molecular complexity index is 1060. The fraction of sp³-hybridized carbons (Fsp3) is 0.435. The number of amides is 1. The van der Waals surface area contributed by atoms with E-state index in [2.05, 4.69) is 22.2 Å².